The van der Waals surface area contributed by atoms with Crippen LogP contribution in [0.1, 0.15) is 36.2 Å². The molecule has 3 rings (SSSR count). The molecule has 0 unspecified atom stereocenters. The van der Waals surface area contributed by atoms with E-state index in [4.69, 9.17) is 14.2 Å². The van der Waals surface area contributed by atoms with Crippen LogP contribution in [0.25, 0.3) is 0 Å². The Bertz CT molecular complexity index is 591. The van der Waals surface area contributed by atoms with E-state index in [0.29, 0.717) is 24.3 Å². The van der Waals surface area contributed by atoms with E-state index in [9.17, 15) is 4.79 Å². The summed E-state index contributed by atoms with van der Waals surface area (Å²) in [7, 11) is 0. The Labute approximate surface area is 137 Å². The molecule has 2 aliphatic rings. The summed E-state index contributed by atoms with van der Waals surface area (Å²) in [6.07, 6.45) is 0.415. The molecule has 23 heavy (non-hydrogen) atoms. The molecule has 0 N–H and O–H groups in total. The van der Waals surface area contributed by atoms with Crippen LogP contribution in [0.2, 0.25) is 0 Å². The number of morpholine rings is 1. The highest BCUT2D eigenvalue weighted by Crippen LogP contribution is 2.37. The van der Waals surface area contributed by atoms with E-state index in [1.54, 1.807) is 0 Å². The van der Waals surface area contributed by atoms with Gasteiger partial charge in [-0.2, -0.15) is 0 Å². The lowest BCUT2D eigenvalue weighted by atomic mass is 9.90. The van der Waals surface area contributed by atoms with Gasteiger partial charge in [-0.1, -0.05) is 0 Å². The first kappa shape index (κ1) is 16.3. The fraction of sp³-hybridized carbons (Fsp3) is 0.611. The van der Waals surface area contributed by atoms with Gasteiger partial charge in [-0.05, 0) is 32.4 Å². The zero-order chi connectivity index (χ0) is 16.4. The normalized spacial score (nSPS) is 20.7. The SMILES string of the molecule is Cc1cc(OCCN2CCOCC2)cc2c1C(=O)CC(C)(C)O2. The molecule has 1 saturated heterocycles. The van der Waals surface area contributed by atoms with Crippen molar-refractivity contribution in [3.05, 3.63) is 23.3 Å². The summed E-state index contributed by atoms with van der Waals surface area (Å²) in [4.78, 5) is 14.6. The first-order chi connectivity index (χ1) is 10.9. The molecule has 1 fully saturated rings. The number of nitrogens with zero attached hydrogens (tertiary/aromatic N) is 1. The Morgan fingerprint density at radius 3 is 2.74 bits per heavy atom. The molecule has 0 atom stereocenters. The van der Waals surface area contributed by atoms with E-state index in [1.165, 1.54) is 0 Å². The number of aryl methyl sites for hydroxylation is 1. The van der Waals surface area contributed by atoms with Gasteiger partial charge in [-0.25, -0.2) is 0 Å². The number of hydrogen-bond donors (Lipinski definition) is 0. The maximum atomic E-state index is 12.3. The second-order valence-corrected chi connectivity index (χ2v) is 6.88. The molecule has 0 amide bonds. The Morgan fingerprint density at radius 1 is 1.26 bits per heavy atom. The summed E-state index contributed by atoms with van der Waals surface area (Å²) >= 11 is 0. The van der Waals surface area contributed by atoms with Gasteiger partial charge in [0.25, 0.3) is 0 Å². The summed E-state index contributed by atoms with van der Waals surface area (Å²) in [5, 5.41) is 0. The summed E-state index contributed by atoms with van der Waals surface area (Å²) in [5.74, 6) is 1.56. The number of carbonyl (C=O) groups is 1. The van der Waals surface area contributed by atoms with Crippen LogP contribution in [-0.4, -0.2) is 55.7 Å². The monoisotopic (exact) mass is 319 g/mol. The molecule has 5 nitrogen and oxygen atoms in total. The number of Topliss-reactive ketones (excluding diaryl/α,β-unsaturated/α-hetero) is 1. The van der Waals surface area contributed by atoms with Crippen molar-refractivity contribution in [2.24, 2.45) is 0 Å². The minimum Gasteiger partial charge on any atom is -0.492 e. The largest absolute Gasteiger partial charge is 0.492 e. The Kier molecular flexibility index (Phi) is 4.60. The van der Waals surface area contributed by atoms with Gasteiger partial charge in [0.15, 0.2) is 5.78 Å². The van der Waals surface area contributed by atoms with Gasteiger partial charge in [0.05, 0.1) is 25.2 Å². The molecule has 0 saturated carbocycles. The highest BCUT2D eigenvalue weighted by Gasteiger charge is 2.33. The lowest BCUT2D eigenvalue weighted by Gasteiger charge is -2.32. The summed E-state index contributed by atoms with van der Waals surface area (Å²) in [5.41, 5.74) is 1.16. The number of benzene rings is 1. The van der Waals surface area contributed by atoms with Crippen molar-refractivity contribution in [2.75, 3.05) is 39.5 Å². The molecule has 0 radical (unpaired) electrons. The number of carbonyl (C=O) groups excluding carboxylic acids is 1. The van der Waals surface area contributed by atoms with Crippen molar-refractivity contribution in [2.45, 2.75) is 32.8 Å². The molecule has 0 aliphatic carbocycles. The summed E-state index contributed by atoms with van der Waals surface area (Å²) in [6, 6.07) is 3.78. The van der Waals surface area contributed by atoms with E-state index in [2.05, 4.69) is 4.90 Å². The van der Waals surface area contributed by atoms with Gasteiger partial charge >= 0.3 is 0 Å². The van der Waals surface area contributed by atoms with E-state index < -0.39 is 5.60 Å². The zero-order valence-corrected chi connectivity index (χ0v) is 14.2. The maximum absolute atomic E-state index is 12.3. The van der Waals surface area contributed by atoms with Crippen molar-refractivity contribution < 1.29 is 19.0 Å². The topological polar surface area (TPSA) is 48.0 Å². The Balaban J connectivity index is 1.67. The quantitative estimate of drug-likeness (QED) is 0.853. The number of ketones is 1. The predicted octanol–water partition coefficient (Wildman–Crippen LogP) is 2.45. The molecule has 1 aromatic carbocycles. The minimum atomic E-state index is -0.455. The fourth-order valence-corrected chi connectivity index (χ4v) is 3.17. The lowest BCUT2D eigenvalue weighted by molar-refractivity contribution is 0.0322. The molecule has 0 aromatic heterocycles. The minimum absolute atomic E-state index is 0.147. The second-order valence-electron chi connectivity index (χ2n) is 6.88. The Hall–Kier alpha value is -1.59. The van der Waals surface area contributed by atoms with Crippen LogP contribution in [0, 0.1) is 6.92 Å². The number of fused-ring (bicyclic) bond motifs is 1. The third-order valence-electron chi connectivity index (χ3n) is 4.30. The van der Waals surface area contributed by atoms with Crippen molar-refractivity contribution >= 4 is 5.78 Å². The first-order valence-corrected chi connectivity index (χ1v) is 8.24. The van der Waals surface area contributed by atoms with Crippen LogP contribution in [0.15, 0.2) is 12.1 Å². The van der Waals surface area contributed by atoms with E-state index in [0.717, 1.165) is 44.2 Å². The smallest absolute Gasteiger partial charge is 0.170 e. The third-order valence-corrected chi connectivity index (χ3v) is 4.30. The number of rotatable bonds is 4. The average molecular weight is 319 g/mol. The van der Waals surface area contributed by atoms with Crippen molar-refractivity contribution in [3.8, 4) is 11.5 Å². The number of hydrogen-bond acceptors (Lipinski definition) is 5. The van der Waals surface area contributed by atoms with Crippen LogP contribution in [0.4, 0.5) is 0 Å². The first-order valence-electron chi connectivity index (χ1n) is 8.24. The van der Waals surface area contributed by atoms with Crippen LogP contribution in [0.5, 0.6) is 11.5 Å². The van der Waals surface area contributed by atoms with Crippen LogP contribution < -0.4 is 9.47 Å². The van der Waals surface area contributed by atoms with Gasteiger partial charge in [-0.3, -0.25) is 9.69 Å². The zero-order valence-electron chi connectivity index (χ0n) is 14.2. The third kappa shape index (κ3) is 3.85. The van der Waals surface area contributed by atoms with Crippen molar-refractivity contribution in [3.63, 3.8) is 0 Å². The molecule has 1 aromatic rings. The van der Waals surface area contributed by atoms with E-state index in [1.807, 2.05) is 32.9 Å². The number of ether oxygens (including phenoxy) is 3. The molecular formula is C18H25NO4. The van der Waals surface area contributed by atoms with E-state index in [-0.39, 0.29) is 5.78 Å². The predicted molar refractivity (Wildman–Crippen MR) is 87.6 cm³/mol. The van der Waals surface area contributed by atoms with Crippen molar-refractivity contribution in [1.82, 2.24) is 4.90 Å². The lowest BCUT2D eigenvalue weighted by Crippen LogP contribution is -2.38. The molecule has 5 heteroatoms. The fourth-order valence-electron chi connectivity index (χ4n) is 3.17. The van der Waals surface area contributed by atoms with Gasteiger partial charge in [0.2, 0.25) is 0 Å². The standard InChI is InChI=1S/C18H25NO4/c1-13-10-14(22-9-6-19-4-7-21-8-5-19)11-16-17(13)15(20)12-18(2,3)23-16/h10-11H,4-9,12H2,1-3H3. The summed E-state index contributed by atoms with van der Waals surface area (Å²) < 4.78 is 17.2. The van der Waals surface area contributed by atoms with E-state index >= 15 is 0 Å². The van der Waals surface area contributed by atoms with Crippen LogP contribution >= 0.6 is 0 Å². The molecule has 0 bridgehead atoms. The van der Waals surface area contributed by atoms with Gasteiger partial charge in [0, 0.05) is 25.7 Å². The summed E-state index contributed by atoms with van der Waals surface area (Å²) in [6.45, 7) is 10.8. The molecule has 126 valence electrons. The van der Waals surface area contributed by atoms with Gasteiger partial charge < -0.3 is 14.2 Å². The van der Waals surface area contributed by atoms with Crippen LogP contribution in [0.3, 0.4) is 0 Å². The molecular weight excluding hydrogens is 294 g/mol. The second kappa shape index (κ2) is 6.49. The highest BCUT2D eigenvalue weighted by atomic mass is 16.5. The molecule has 2 aliphatic heterocycles. The maximum Gasteiger partial charge on any atom is 0.170 e. The van der Waals surface area contributed by atoms with Crippen LogP contribution in [-0.2, 0) is 4.74 Å². The van der Waals surface area contributed by atoms with Gasteiger partial charge in [-0.15, -0.1) is 0 Å². The average Bonchev–Trinajstić information content (AvgIpc) is 2.46. The Morgan fingerprint density at radius 2 is 2.00 bits per heavy atom. The van der Waals surface area contributed by atoms with Gasteiger partial charge in [0.1, 0.15) is 23.7 Å². The molecule has 2 heterocycles. The van der Waals surface area contributed by atoms with Crippen molar-refractivity contribution in [1.29, 1.82) is 0 Å². The highest BCUT2D eigenvalue weighted by molar-refractivity contribution is 6.01. The molecule has 0 spiro atoms.